The number of rotatable bonds is 8. The van der Waals surface area contributed by atoms with E-state index in [1.807, 2.05) is 48.7 Å². The van der Waals surface area contributed by atoms with E-state index in [4.69, 9.17) is 9.15 Å². The van der Waals surface area contributed by atoms with E-state index in [0.29, 0.717) is 5.76 Å². The molecule has 2 aliphatic heterocycles. The average molecular weight is 667 g/mol. The van der Waals surface area contributed by atoms with Crippen molar-refractivity contribution < 1.29 is 13.9 Å². The summed E-state index contributed by atoms with van der Waals surface area (Å²) in [6.45, 7) is 5.59. The third-order valence-electron chi connectivity index (χ3n) is 7.98. The number of para-hydroxylation sites is 1. The summed E-state index contributed by atoms with van der Waals surface area (Å²) in [7, 11) is 1.67. The molecule has 2 aliphatic rings. The number of carbonyl (C=O) groups excluding carboxylic acids is 1. The molecule has 5 heterocycles. The Kier molecular flexibility index (Phi) is 8.56. The summed E-state index contributed by atoms with van der Waals surface area (Å²) in [6.07, 6.45) is 6.23. The first-order valence-corrected chi connectivity index (χ1v) is 15.4. The van der Waals surface area contributed by atoms with Crippen LogP contribution in [-0.2, 0) is 6.42 Å². The van der Waals surface area contributed by atoms with Gasteiger partial charge in [0.05, 0.1) is 16.8 Å². The van der Waals surface area contributed by atoms with E-state index in [9.17, 15) is 4.79 Å². The summed E-state index contributed by atoms with van der Waals surface area (Å²) in [5.74, 6) is 1.81. The zero-order chi connectivity index (χ0) is 28.2. The normalized spacial score (nSPS) is 19.9. The monoisotopic (exact) mass is 666 g/mol. The van der Waals surface area contributed by atoms with Crippen LogP contribution in [0.2, 0.25) is 0 Å². The lowest BCUT2D eigenvalue weighted by molar-refractivity contribution is 0.0904. The fourth-order valence-corrected chi connectivity index (χ4v) is 6.89. The van der Waals surface area contributed by atoms with Gasteiger partial charge >= 0.3 is 0 Å². The number of hydrogen-bond acceptors (Lipinski definition) is 8. The molecule has 2 saturated heterocycles. The van der Waals surface area contributed by atoms with Gasteiger partial charge in [0, 0.05) is 75.2 Å². The number of anilines is 2. The van der Waals surface area contributed by atoms with Crippen LogP contribution in [0.25, 0.3) is 11.0 Å². The van der Waals surface area contributed by atoms with E-state index >= 15 is 0 Å². The molecule has 2 unspecified atom stereocenters. The van der Waals surface area contributed by atoms with Crippen molar-refractivity contribution >= 4 is 51.0 Å². The molecule has 4 aromatic rings. The maximum atomic E-state index is 13.3. The van der Waals surface area contributed by atoms with Crippen LogP contribution in [0.5, 0.6) is 5.75 Å². The fourth-order valence-electron chi connectivity index (χ4n) is 5.74. The van der Waals surface area contributed by atoms with E-state index < -0.39 is 0 Å². The fraction of sp³-hybridized carbons (Fsp3) is 0.387. The number of nitrogens with one attached hydrogen (secondary N) is 1. The second-order valence-corrected chi connectivity index (χ2v) is 12.0. The molecule has 0 radical (unpaired) electrons. The minimum atomic E-state index is -0.163. The number of piperazine rings is 1. The second-order valence-electron chi connectivity index (χ2n) is 10.6. The number of nitrogens with zero attached hydrogens (tertiary/aromatic N) is 5. The van der Waals surface area contributed by atoms with E-state index in [1.165, 1.54) is 0 Å². The van der Waals surface area contributed by atoms with Gasteiger partial charge in [-0.25, -0.2) is 4.98 Å². The molecule has 1 N–H and O–H groups in total. The molecule has 1 aromatic carbocycles. The highest BCUT2D eigenvalue weighted by atomic mass is 127. The Balaban J connectivity index is 1.06. The SMILES string of the molecule is COc1cccnc1N1CCC(NC(=O)c2cc3cccc(N4CCN(CCc5ccccn5)CC4)c3o2)CC1I. The van der Waals surface area contributed by atoms with Gasteiger partial charge in [-0.15, -0.1) is 0 Å². The number of carbonyl (C=O) groups is 1. The quantitative estimate of drug-likeness (QED) is 0.164. The van der Waals surface area contributed by atoms with Crippen LogP contribution < -0.4 is 19.9 Å². The third kappa shape index (κ3) is 6.28. The molecule has 0 aliphatic carbocycles. The molecule has 2 atom stereocenters. The van der Waals surface area contributed by atoms with Crippen LogP contribution in [0.15, 0.2) is 71.4 Å². The van der Waals surface area contributed by atoms with Crippen molar-refractivity contribution in [3.63, 3.8) is 0 Å². The van der Waals surface area contributed by atoms with Crippen molar-refractivity contribution in [2.75, 3.05) is 56.2 Å². The molecule has 1 amide bonds. The summed E-state index contributed by atoms with van der Waals surface area (Å²) >= 11 is 2.43. The Bertz CT molecular complexity index is 1470. The smallest absolute Gasteiger partial charge is 0.287 e. The standard InChI is InChI=1S/C31H35IN6O3/c1-40-26-9-5-13-34-30(26)38-15-11-24(21-28(38)32)35-31(39)27-20-22-6-4-8-25(29(22)41-27)37-18-16-36(17-19-37)14-10-23-7-2-3-12-33-23/h2-9,12-13,20,24,28H,10-11,14-19,21H2,1H3,(H,35,39). The number of hydrogen-bond donors (Lipinski definition) is 1. The van der Waals surface area contributed by atoms with Crippen LogP contribution in [-0.4, -0.2) is 77.2 Å². The number of benzene rings is 1. The average Bonchev–Trinajstić information content (AvgIpc) is 3.46. The molecule has 41 heavy (non-hydrogen) atoms. The minimum absolute atomic E-state index is 0.0576. The number of piperidine rings is 1. The van der Waals surface area contributed by atoms with Gasteiger partial charge in [-0.2, -0.15) is 0 Å². The maximum absolute atomic E-state index is 13.3. The van der Waals surface area contributed by atoms with Crippen molar-refractivity contribution in [2.24, 2.45) is 0 Å². The maximum Gasteiger partial charge on any atom is 0.287 e. The van der Waals surface area contributed by atoms with Gasteiger partial charge in [0.2, 0.25) is 0 Å². The minimum Gasteiger partial charge on any atom is -0.493 e. The van der Waals surface area contributed by atoms with Gasteiger partial charge < -0.3 is 24.3 Å². The summed E-state index contributed by atoms with van der Waals surface area (Å²) in [4.78, 5) is 29.4. The van der Waals surface area contributed by atoms with Gasteiger partial charge in [0.1, 0.15) is 0 Å². The van der Waals surface area contributed by atoms with Crippen molar-refractivity contribution in [3.05, 3.63) is 78.4 Å². The predicted molar refractivity (Wildman–Crippen MR) is 169 cm³/mol. The first kappa shape index (κ1) is 27.8. The van der Waals surface area contributed by atoms with Crippen LogP contribution >= 0.6 is 22.6 Å². The Morgan fingerprint density at radius 2 is 1.90 bits per heavy atom. The molecule has 0 bridgehead atoms. The number of pyridine rings is 2. The first-order valence-electron chi connectivity index (χ1n) is 14.2. The van der Waals surface area contributed by atoms with Crippen LogP contribution in [0.1, 0.15) is 29.1 Å². The number of halogens is 1. The van der Waals surface area contributed by atoms with Crippen molar-refractivity contribution in [2.45, 2.75) is 29.4 Å². The second kappa shape index (κ2) is 12.6. The number of methoxy groups -OCH3 is 1. The first-order chi connectivity index (χ1) is 20.1. The lowest BCUT2D eigenvalue weighted by atomic mass is 10.0. The zero-order valence-corrected chi connectivity index (χ0v) is 25.4. The number of aromatic nitrogens is 2. The van der Waals surface area contributed by atoms with E-state index in [2.05, 4.69) is 64.7 Å². The lowest BCUT2D eigenvalue weighted by Gasteiger charge is -2.37. The summed E-state index contributed by atoms with van der Waals surface area (Å²) in [6, 6.07) is 18.0. The van der Waals surface area contributed by atoms with Crippen molar-refractivity contribution in [3.8, 4) is 5.75 Å². The lowest BCUT2D eigenvalue weighted by Crippen LogP contribution is -2.48. The molecular formula is C31H35IN6O3. The molecular weight excluding hydrogens is 631 g/mol. The molecule has 6 rings (SSSR count). The zero-order valence-electron chi connectivity index (χ0n) is 23.2. The van der Waals surface area contributed by atoms with Crippen LogP contribution in [0, 0.1) is 0 Å². The number of ether oxygens (including phenoxy) is 1. The third-order valence-corrected chi connectivity index (χ3v) is 9.17. The Labute approximate surface area is 254 Å². The molecule has 0 saturated carbocycles. The molecule has 2 fully saturated rings. The summed E-state index contributed by atoms with van der Waals surface area (Å²) in [5.41, 5.74) is 2.97. The largest absolute Gasteiger partial charge is 0.493 e. The molecule has 9 nitrogen and oxygen atoms in total. The van der Waals surface area contributed by atoms with Crippen molar-refractivity contribution in [1.82, 2.24) is 20.2 Å². The highest BCUT2D eigenvalue weighted by molar-refractivity contribution is 14.1. The van der Waals surface area contributed by atoms with Crippen molar-refractivity contribution in [1.29, 1.82) is 0 Å². The predicted octanol–water partition coefficient (Wildman–Crippen LogP) is 4.76. The Morgan fingerprint density at radius 3 is 2.68 bits per heavy atom. The molecule has 3 aromatic heterocycles. The Morgan fingerprint density at radius 1 is 1.05 bits per heavy atom. The number of amides is 1. The highest BCUT2D eigenvalue weighted by Gasteiger charge is 2.31. The van der Waals surface area contributed by atoms with Crippen LogP contribution in [0.3, 0.4) is 0 Å². The van der Waals surface area contributed by atoms with Gasteiger partial charge in [0.25, 0.3) is 5.91 Å². The van der Waals surface area contributed by atoms with E-state index in [1.54, 1.807) is 13.3 Å². The van der Waals surface area contributed by atoms with E-state index in [0.717, 1.165) is 92.4 Å². The van der Waals surface area contributed by atoms with E-state index in [-0.39, 0.29) is 16.0 Å². The number of furan rings is 1. The van der Waals surface area contributed by atoms with Gasteiger partial charge in [0.15, 0.2) is 22.9 Å². The van der Waals surface area contributed by atoms with Gasteiger partial charge in [-0.3, -0.25) is 14.7 Å². The molecule has 0 spiro atoms. The highest BCUT2D eigenvalue weighted by Crippen LogP contribution is 2.34. The summed E-state index contributed by atoms with van der Waals surface area (Å²) in [5, 5.41) is 4.17. The van der Waals surface area contributed by atoms with Gasteiger partial charge in [-0.05, 0) is 49.2 Å². The van der Waals surface area contributed by atoms with Gasteiger partial charge in [-0.1, -0.05) is 40.8 Å². The summed E-state index contributed by atoms with van der Waals surface area (Å²) < 4.78 is 11.9. The number of alkyl halides is 1. The number of fused-ring (bicyclic) bond motifs is 1. The molecule has 10 heteroatoms. The van der Waals surface area contributed by atoms with Crippen LogP contribution in [0.4, 0.5) is 11.5 Å². The molecule has 214 valence electrons. The topological polar surface area (TPSA) is 87.0 Å². The Hall–Kier alpha value is -3.38.